The topological polar surface area (TPSA) is 14.1 Å². The van der Waals surface area contributed by atoms with Crippen molar-refractivity contribution in [3.8, 4) is 0 Å². The fourth-order valence-corrected chi connectivity index (χ4v) is 4.62. The summed E-state index contributed by atoms with van der Waals surface area (Å²) >= 11 is 0. The summed E-state index contributed by atoms with van der Waals surface area (Å²) in [6, 6.07) is 0. The van der Waals surface area contributed by atoms with Crippen molar-refractivity contribution >= 4 is 15.8 Å². The zero-order valence-corrected chi connectivity index (χ0v) is 15.8. The van der Waals surface area contributed by atoms with Crippen molar-refractivity contribution < 1.29 is 29.6 Å². The van der Waals surface area contributed by atoms with Gasteiger partial charge in [0.2, 0.25) is 0 Å². The monoisotopic (exact) mass is 271 g/mol. The van der Waals surface area contributed by atoms with Crippen molar-refractivity contribution in [3.05, 3.63) is 5.32 Å². The van der Waals surface area contributed by atoms with Gasteiger partial charge in [-0.1, -0.05) is 40.0 Å². The predicted molar refractivity (Wildman–Crippen MR) is 78.8 cm³/mol. The van der Waals surface area contributed by atoms with Gasteiger partial charge >= 0.3 is 29.6 Å². The van der Waals surface area contributed by atoms with Crippen molar-refractivity contribution in [2.75, 3.05) is 50.1 Å². The van der Waals surface area contributed by atoms with E-state index in [-0.39, 0.29) is 29.6 Å². The molecule has 0 saturated heterocycles. The molecule has 0 fully saturated rings. The molecule has 0 radical (unpaired) electrons. The van der Waals surface area contributed by atoms with Crippen LogP contribution in [0.4, 0.5) is 0 Å². The maximum absolute atomic E-state index is 4.68. The molecule has 0 atom stereocenters. The van der Waals surface area contributed by atoms with Crippen LogP contribution in [0.1, 0.15) is 27.7 Å². The van der Waals surface area contributed by atoms with Crippen LogP contribution < -0.4 is 29.6 Å². The Morgan fingerprint density at radius 2 is 1.00 bits per heavy atom. The van der Waals surface area contributed by atoms with E-state index in [2.05, 4.69) is 33.0 Å². The first-order valence-electron chi connectivity index (χ1n) is 6.36. The molecule has 0 aliphatic heterocycles. The third kappa shape index (κ3) is 10.9. The van der Waals surface area contributed by atoms with Gasteiger partial charge in [0.1, 0.15) is 0 Å². The summed E-state index contributed by atoms with van der Waals surface area (Å²) in [4.78, 5) is 0. The van der Waals surface area contributed by atoms with Crippen LogP contribution in [0.15, 0.2) is 0 Å². The molecule has 0 aliphatic rings. The van der Waals surface area contributed by atoms with Gasteiger partial charge in [-0.15, -0.1) is 28.9 Å². The van der Waals surface area contributed by atoms with E-state index >= 15 is 0 Å². The maximum atomic E-state index is 4.68. The molecule has 0 unspecified atom stereocenters. The zero-order chi connectivity index (χ0) is 11.5. The van der Waals surface area contributed by atoms with E-state index < -0.39 is 0 Å². The van der Waals surface area contributed by atoms with Crippen LogP contribution in [0.5, 0.6) is 0 Å². The molecule has 0 spiro atoms. The number of hydrogen-bond donors (Lipinski definition) is 0. The minimum atomic E-state index is 0. The smallest absolute Gasteiger partial charge is 0.662 e. The molecule has 0 N–H and O–H groups in total. The first-order chi connectivity index (χ1) is 7.28. The molecular formula is C12H28NNaP2. The molecule has 16 heavy (non-hydrogen) atoms. The van der Waals surface area contributed by atoms with Gasteiger partial charge in [-0.2, -0.15) is 0 Å². The fourth-order valence-electron chi connectivity index (χ4n) is 1.62. The van der Waals surface area contributed by atoms with Crippen molar-refractivity contribution in [2.24, 2.45) is 0 Å². The SMILES string of the molecule is CCP(CC)CC[N-]CCP(CC)CC.[Na+]. The molecule has 0 amide bonds. The molecule has 0 aliphatic carbocycles. The van der Waals surface area contributed by atoms with E-state index in [0.717, 1.165) is 13.1 Å². The molecule has 0 aromatic heterocycles. The summed E-state index contributed by atoms with van der Waals surface area (Å²) < 4.78 is 0. The van der Waals surface area contributed by atoms with E-state index in [1.807, 2.05) is 0 Å². The van der Waals surface area contributed by atoms with Gasteiger partial charge in [-0.25, -0.2) is 0 Å². The summed E-state index contributed by atoms with van der Waals surface area (Å²) in [5.41, 5.74) is 0. The van der Waals surface area contributed by atoms with Crippen LogP contribution >= 0.6 is 15.8 Å². The van der Waals surface area contributed by atoms with Crippen LogP contribution in [0, 0.1) is 0 Å². The second kappa shape index (κ2) is 14.9. The van der Waals surface area contributed by atoms with Gasteiger partial charge in [-0.3, -0.25) is 0 Å². The minimum Gasteiger partial charge on any atom is -0.662 e. The van der Waals surface area contributed by atoms with Crippen molar-refractivity contribution in [1.29, 1.82) is 0 Å². The van der Waals surface area contributed by atoms with E-state index in [1.165, 1.54) is 37.0 Å². The van der Waals surface area contributed by atoms with Crippen LogP contribution in [0.25, 0.3) is 5.32 Å². The number of rotatable bonds is 10. The summed E-state index contributed by atoms with van der Waals surface area (Å²) in [6.07, 6.45) is 8.29. The average Bonchev–Trinajstić information content (AvgIpc) is 2.29. The summed E-state index contributed by atoms with van der Waals surface area (Å²) in [5, 5.41) is 4.68. The minimum absolute atomic E-state index is 0. The van der Waals surface area contributed by atoms with Crippen LogP contribution in [0.3, 0.4) is 0 Å². The Labute approximate surface area is 128 Å². The van der Waals surface area contributed by atoms with Gasteiger partial charge in [0.15, 0.2) is 0 Å². The summed E-state index contributed by atoms with van der Waals surface area (Å²) in [6.45, 7) is 11.5. The fraction of sp³-hybridized carbons (Fsp3) is 1.00. The molecule has 0 aromatic carbocycles. The second-order valence-electron chi connectivity index (χ2n) is 3.72. The Kier molecular flexibility index (Phi) is 18.7. The zero-order valence-electron chi connectivity index (χ0n) is 12.0. The standard InChI is InChI=1S/C12H28NP2.Na/c1-5-14(6-2)11-9-13-10-12-15(7-3)8-4;/h5-12H2,1-4H3;/q-1;+1. The van der Waals surface area contributed by atoms with E-state index in [0.29, 0.717) is 15.8 Å². The van der Waals surface area contributed by atoms with Gasteiger partial charge in [0.25, 0.3) is 0 Å². The van der Waals surface area contributed by atoms with Gasteiger partial charge in [0, 0.05) is 0 Å². The van der Waals surface area contributed by atoms with E-state index in [4.69, 9.17) is 0 Å². The molecule has 1 nitrogen and oxygen atoms in total. The van der Waals surface area contributed by atoms with E-state index in [9.17, 15) is 0 Å². The Morgan fingerprint density at radius 1 is 0.688 bits per heavy atom. The van der Waals surface area contributed by atoms with Crippen LogP contribution in [-0.4, -0.2) is 50.1 Å². The van der Waals surface area contributed by atoms with Crippen molar-refractivity contribution in [3.63, 3.8) is 0 Å². The van der Waals surface area contributed by atoms with Gasteiger partial charge in [0.05, 0.1) is 0 Å². The normalized spacial score (nSPS) is 10.9. The maximum Gasteiger partial charge on any atom is 1.00 e. The molecule has 0 rings (SSSR count). The first-order valence-corrected chi connectivity index (χ1v) is 10.2. The molecule has 0 heterocycles. The number of hydrogen-bond acceptors (Lipinski definition) is 0. The third-order valence-electron chi connectivity index (χ3n) is 2.94. The summed E-state index contributed by atoms with van der Waals surface area (Å²) in [7, 11) is 0.632. The Hall–Kier alpha value is 1.82. The second-order valence-corrected chi connectivity index (χ2v) is 9.83. The quantitative estimate of drug-likeness (QED) is 0.324. The number of nitrogens with zero attached hydrogens (tertiary/aromatic N) is 1. The largest absolute Gasteiger partial charge is 1.00 e. The molecule has 92 valence electrons. The Morgan fingerprint density at radius 3 is 1.25 bits per heavy atom. The molecule has 4 heteroatoms. The molecular weight excluding hydrogens is 243 g/mol. The van der Waals surface area contributed by atoms with Crippen LogP contribution in [-0.2, 0) is 0 Å². The Bertz CT molecular complexity index is 114. The molecule has 0 saturated carbocycles. The van der Waals surface area contributed by atoms with E-state index in [1.54, 1.807) is 0 Å². The van der Waals surface area contributed by atoms with Gasteiger partial charge < -0.3 is 5.32 Å². The van der Waals surface area contributed by atoms with Crippen LogP contribution in [0.2, 0.25) is 0 Å². The first kappa shape index (κ1) is 20.1. The van der Waals surface area contributed by atoms with Crippen molar-refractivity contribution in [2.45, 2.75) is 27.7 Å². The molecule has 0 bridgehead atoms. The molecule has 0 aromatic rings. The van der Waals surface area contributed by atoms with Crippen molar-refractivity contribution in [1.82, 2.24) is 0 Å². The summed E-state index contributed by atoms with van der Waals surface area (Å²) in [5.74, 6) is 0. The Balaban J connectivity index is 0. The third-order valence-corrected chi connectivity index (χ3v) is 8.18. The average molecular weight is 271 g/mol. The van der Waals surface area contributed by atoms with Gasteiger partial charge in [-0.05, 0) is 24.6 Å². The predicted octanol–water partition coefficient (Wildman–Crippen LogP) is 1.41.